The lowest BCUT2D eigenvalue weighted by Crippen LogP contribution is -2.22. The van der Waals surface area contributed by atoms with Gasteiger partial charge in [-0.3, -0.25) is 15.3 Å². The van der Waals surface area contributed by atoms with Crippen LogP contribution in [0.25, 0.3) is 10.8 Å². The Morgan fingerprint density at radius 2 is 1.84 bits per heavy atom. The molecule has 0 bridgehead atoms. The van der Waals surface area contributed by atoms with Gasteiger partial charge in [0.05, 0.1) is 5.69 Å². The summed E-state index contributed by atoms with van der Waals surface area (Å²) in [7, 11) is 0. The van der Waals surface area contributed by atoms with Crippen molar-refractivity contribution in [3.05, 3.63) is 84.2 Å². The summed E-state index contributed by atoms with van der Waals surface area (Å²) < 4.78 is 19.5. The van der Waals surface area contributed by atoms with E-state index in [1.807, 2.05) is 30.3 Å². The Morgan fingerprint density at radius 3 is 2.58 bits per heavy atom. The molecule has 2 amide bonds. The molecule has 160 valence electrons. The summed E-state index contributed by atoms with van der Waals surface area (Å²) in [5, 5.41) is 22.6. The van der Waals surface area contributed by atoms with Crippen LogP contribution in [0.3, 0.4) is 0 Å². The number of fused-ring (bicyclic) bond motifs is 1. The predicted octanol–water partition coefficient (Wildman–Crippen LogP) is 4.67. The number of hydrogen-bond acceptors (Lipinski definition) is 5. The molecule has 0 saturated carbocycles. The second-order valence-electron chi connectivity index (χ2n) is 6.88. The molecule has 0 heterocycles. The molecule has 2 atom stereocenters. The van der Waals surface area contributed by atoms with Crippen molar-refractivity contribution in [2.45, 2.75) is 13.0 Å². The third-order valence-corrected chi connectivity index (χ3v) is 4.70. The van der Waals surface area contributed by atoms with Crippen LogP contribution in [-0.4, -0.2) is 22.3 Å². The molecular formula is C23H21FN2O5. The zero-order chi connectivity index (χ0) is 22.4. The Morgan fingerprint density at radius 1 is 1.10 bits per heavy atom. The quantitative estimate of drug-likeness (QED) is 0.261. The van der Waals surface area contributed by atoms with Crippen molar-refractivity contribution in [1.29, 1.82) is 0 Å². The van der Waals surface area contributed by atoms with Gasteiger partial charge in [0.1, 0.15) is 6.10 Å². The first kappa shape index (κ1) is 21.8. The molecule has 0 aliphatic carbocycles. The Kier molecular flexibility index (Phi) is 6.84. The van der Waals surface area contributed by atoms with Gasteiger partial charge in [-0.25, -0.2) is 14.7 Å². The number of carbonyl (C=O) groups is 2. The molecule has 3 aromatic carbocycles. The summed E-state index contributed by atoms with van der Waals surface area (Å²) >= 11 is 0. The average Bonchev–Trinajstić information content (AvgIpc) is 2.77. The lowest BCUT2D eigenvalue weighted by Gasteiger charge is -2.23. The number of hydrogen-bond donors (Lipinski definition) is 4. The molecule has 0 aliphatic rings. The Labute approximate surface area is 177 Å². The number of anilines is 1. The number of halogens is 1. The molecule has 4 N–H and O–H groups in total. The SMILES string of the molecule is C[C@@H](/C=C/C(=O)NO)[C@@H](OC(=O)Nc1cccc2ccccc12)c1ccc(O)c(F)c1. The highest BCUT2D eigenvalue weighted by Gasteiger charge is 2.24. The fraction of sp³-hybridized carbons (Fsp3) is 0.130. The maximum absolute atomic E-state index is 13.9. The van der Waals surface area contributed by atoms with Crippen molar-refractivity contribution >= 4 is 28.5 Å². The zero-order valence-corrected chi connectivity index (χ0v) is 16.6. The van der Waals surface area contributed by atoms with Crippen LogP contribution in [0, 0.1) is 11.7 Å². The van der Waals surface area contributed by atoms with Gasteiger partial charge in [-0.1, -0.05) is 55.5 Å². The first-order chi connectivity index (χ1) is 14.9. The minimum Gasteiger partial charge on any atom is -0.505 e. The smallest absolute Gasteiger partial charge is 0.412 e. The number of carbonyl (C=O) groups excluding carboxylic acids is 2. The Hall–Kier alpha value is -3.91. The molecule has 0 aliphatic heterocycles. The molecular weight excluding hydrogens is 403 g/mol. The van der Waals surface area contributed by atoms with Crippen LogP contribution < -0.4 is 10.8 Å². The third kappa shape index (κ3) is 5.37. The summed E-state index contributed by atoms with van der Waals surface area (Å²) in [6.45, 7) is 1.65. The van der Waals surface area contributed by atoms with Gasteiger partial charge in [0, 0.05) is 17.4 Å². The number of nitrogens with one attached hydrogen (secondary N) is 2. The van der Waals surface area contributed by atoms with E-state index in [0.29, 0.717) is 5.69 Å². The zero-order valence-electron chi connectivity index (χ0n) is 16.6. The lowest BCUT2D eigenvalue weighted by atomic mass is 9.96. The summed E-state index contributed by atoms with van der Waals surface area (Å²) in [5.74, 6) is -2.74. The second-order valence-corrected chi connectivity index (χ2v) is 6.88. The molecule has 0 unspecified atom stereocenters. The van der Waals surface area contributed by atoms with Crippen LogP contribution in [-0.2, 0) is 9.53 Å². The highest BCUT2D eigenvalue weighted by molar-refractivity contribution is 6.00. The number of ether oxygens (including phenoxy) is 1. The van der Waals surface area contributed by atoms with E-state index in [9.17, 15) is 19.1 Å². The fourth-order valence-corrected chi connectivity index (χ4v) is 3.15. The topological polar surface area (TPSA) is 108 Å². The predicted molar refractivity (Wildman–Crippen MR) is 113 cm³/mol. The van der Waals surface area contributed by atoms with Crippen molar-refractivity contribution in [3.63, 3.8) is 0 Å². The molecule has 3 aromatic rings. The maximum atomic E-state index is 13.9. The largest absolute Gasteiger partial charge is 0.505 e. The van der Waals surface area contributed by atoms with Gasteiger partial charge < -0.3 is 9.84 Å². The standard InChI is InChI=1S/C23H21FN2O5/c1-14(9-12-21(28)26-30)22(16-10-11-20(27)18(24)13-16)31-23(29)25-19-8-4-6-15-5-2-3-7-17(15)19/h2-14,22,27,30H,1H3,(H,25,29)(H,26,28)/b12-9+/t14-,22+/m0/s1. The number of aromatic hydroxyl groups is 1. The minimum absolute atomic E-state index is 0.282. The van der Waals surface area contributed by atoms with E-state index in [2.05, 4.69) is 5.32 Å². The summed E-state index contributed by atoms with van der Waals surface area (Å²) in [6.07, 6.45) is 0.724. The molecule has 0 aromatic heterocycles. The van der Waals surface area contributed by atoms with Crippen molar-refractivity contribution < 1.29 is 29.0 Å². The van der Waals surface area contributed by atoms with Crippen LogP contribution in [0.1, 0.15) is 18.6 Å². The second kappa shape index (κ2) is 9.73. The number of benzene rings is 3. The number of phenols is 1. The lowest BCUT2D eigenvalue weighted by molar-refractivity contribution is -0.124. The van der Waals surface area contributed by atoms with Gasteiger partial charge in [0.2, 0.25) is 0 Å². The molecule has 0 fully saturated rings. The first-order valence-electron chi connectivity index (χ1n) is 9.45. The maximum Gasteiger partial charge on any atom is 0.412 e. The van der Waals surface area contributed by atoms with Gasteiger partial charge in [-0.05, 0) is 29.1 Å². The molecule has 31 heavy (non-hydrogen) atoms. The summed E-state index contributed by atoms with van der Waals surface area (Å²) in [6, 6.07) is 16.6. The molecule has 0 spiro atoms. The number of amides is 2. The third-order valence-electron chi connectivity index (χ3n) is 4.70. The normalized spacial score (nSPS) is 13.0. The highest BCUT2D eigenvalue weighted by Crippen LogP contribution is 2.31. The average molecular weight is 424 g/mol. The van der Waals surface area contributed by atoms with Crippen molar-refractivity contribution in [3.8, 4) is 5.75 Å². The molecule has 7 nitrogen and oxygen atoms in total. The molecule has 8 heteroatoms. The number of rotatable bonds is 6. The van der Waals surface area contributed by atoms with Crippen molar-refractivity contribution in [2.24, 2.45) is 5.92 Å². The fourth-order valence-electron chi connectivity index (χ4n) is 3.15. The molecule has 0 saturated heterocycles. The number of hydroxylamine groups is 1. The Balaban J connectivity index is 1.86. The van der Waals surface area contributed by atoms with Gasteiger partial charge in [-0.15, -0.1) is 0 Å². The van der Waals surface area contributed by atoms with Crippen LogP contribution in [0.2, 0.25) is 0 Å². The van der Waals surface area contributed by atoms with E-state index in [-0.39, 0.29) is 5.56 Å². The van der Waals surface area contributed by atoms with Crippen LogP contribution in [0.4, 0.5) is 14.9 Å². The van der Waals surface area contributed by atoms with Crippen LogP contribution in [0.15, 0.2) is 72.8 Å². The Bertz CT molecular complexity index is 1130. The van der Waals surface area contributed by atoms with Gasteiger partial charge in [0.25, 0.3) is 5.91 Å². The molecule has 0 radical (unpaired) electrons. The van der Waals surface area contributed by atoms with Crippen LogP contribution in [0.5, 0.6) is 5.75 Å². The van der Waals surface area contributed by atoms with Crippen molar-refractivity contribution in [1.82, 2.24) is 5.48 Å². The van der Waals surface area contributed by atoms with E-state index >= 15 is 0 Å². The van der Waals surface area contributed by atoms with Crippen molar-refractivity contribution in [2.75, 3.05) is 5.32 Å². The van der Waals surface area contributed by atoms with E-state index < -0.39 is 35.6 Å². The summed E-state index contributed by atoms with van der Waals surface area (Å²) in [5.41, 5.74) is 2.29. The van der Waals surface area contributed by atoms with E-state index in [1.165, 1.54) is 17.6 Å². The first-order valence-corrected chi connectivity index (χ1v) is 9.45. The van der Waals surface area contributed by atoms with Gasteiger partial charge in [-0.2, -0.15) is 0 Å². The van der Waals surface area contributed by atoms with E-state index in [1.54, 1.807) is 19.1 Å². The monoisotopic (exact) mass is 424 g/mol. The van der Waals surface area contributed by atoms with Crippen LogP contribution >= 0.6 is 0 Å². The number of phenolic OH excluding ortho intramolecular Hbond substituents is 1. The molecule has 3 rings (SSSR count). The van der Waals surface area contributed by atoms with Gasteiger partial charge in [0.15, 0.2) is 11.6 Å². The minimum atomic E-state index is -0.979. The van der Waals surface area contributed by atoms with E-state index in [0.717, 1.165) is 29.0 Å². The van der Waals surface area contributed by atoms with E-state index in [4.69, 9.17) is 9.94 Å². The summed E-state index contributed by atoms with van der Waals surface area (Å²) in [4.78, 5) is 24.0. The van der Waals surface area contributed by atoms with Gasteiger partial charge >= 0.3 is 6.09 Å². The highest BCUT2D eigenvalue weighted by atomic mass is 19.1.